The van der Waals surface area contributed by atoms with Crippen LogP contribution in [0.25, 0.3) is 5.69 Å². The van der Waals surface area contributed by atoms with E-state index >= 15 is 0 Å². The number of aromatic nitrogens is 2. The molecule has 0 saturated carbocycles. The molecule has 1 aliphatic heterocycles. The van der Waals surface area contributed by atoms with Crippen molar-refractivity contribution in [2.24, 2.45) is 0 Å². The number of ether oxygens (including phenoxy) is 2. The zero-order chi connectivity index (χ0) is 21.7. The topological polar surface area (TPSA) is 93.9 Å². The van der Waals surface area contributed by atoms with Gasteiger partial charge in [0.2, 0.25) is 5.88 Å². The normalized spacial score (nSPS) is 13.3. The first kappa shape index (κ1) is 21.4. The van der Waals surface area contributed by atoms with E-state index in [1.54, 1.807) is 36.9 Å². The van der Waals surface area contributed by atoms with E-state index in [9.17, 15) is 14.7 Å². The van der Waals surface area contributed by atoms with Crippen molar-refractivity contribution in [3.05, 3.63) is 41.1 Å². The molecule has 8 nitrogen and oxygen atoms in total. The molecule has 30 heavy (non-hydrogen) atoms. The van der Waals surface area contributed by atoms with Crippen LogP contribution in [0.3, 0.4) is 0 Å². The summed E-state index contributed by atoms with van der Waals surface area (Å²) < 4.78 is 12.5. The molecule has 3 rings (SSSR count). The SMILES string of the molecule is CCOC(=O)c1nn(-c2cccc(C#CC(O)C(=O)N(C)CC)c2)c2c1CCCO2. The second kappa shape index (κ2) is 9.46. The predicted molar refractivity (Wildman–Crippen MR) is 110 cm³/mol. The van der Waals surface area contributed by atoms with Gasteiger partial charge in [-0.05, 0) is 44.9 Å². The number of amides is 1. The van der Waals surface area contributed by atoms with Gasteiger partial charge < -0.3 is 19.5 Å². The third-order valence-corrected chi connectivity index (χ3v) is 4.74. The van der Waals surface area contributed by atoms with Crippen LogP contribution in [0.2, 0.25) is 0 Å². The molecule has 1 aliphatic rings. The number of rotatable bonds is 5. The average molecular weight is 411 g/mol. The summed E-state index contributed by atoms with van der Waals surface area (Å²) in [6.45, 7) is 4.86. The van der Waals surface area contributed by atoms with Crippen LogP contribution in [0, 0.1) is 11.8 Å². The Morgan fingerprint density at radius 3 is 2.93 bits per heavy atom. The lowest BCUT2D eigenvalue weighted by molar-refractivity contribution is -0.135. The van der Waals surface area contributed by atoms with Crippen molar-refractivity contribution in [1.82, 2.24) is 14.7 Å². The Morgan fingerprint density at radius 1 is 1.40 bits per heavy atom. The maximum absolute atomic E-state index is 12.3. The smallest absolute Gasteiger partial charge is 0.359 e. The number of esters is 1. The molecule has 0 fully saturated rings. The van der Waals surface area contributed by atoms with Crippen LogP contribution in [-0.2, 0) is 16.0 Å². The molecule has 8 heteroatoms. The molecule has 158 valence electrons. The molecule has 2 heterocycles. The summed E-state index contributed by atoms with van der Waals surface area (Å²) >= 11 is 0. The Kier molecular flexibility index (Phi) is 6.75. The van der Waals surface area contributed by atoms with Gasteiger partial charge in [0.1, 0.15) is 0 Å². The fourth-order valence-corrected chi connectivity index (χ4v) is 3.06. The zero-order valence-corrected chi connectivity index (χ0v) is 17.3. The van der Waals surface area contributed by atoms with Crippen LogP contribution in [0.4, 0.5) is 0 Å². The number of hydrogen-bond acceptors (Lipinski definition) is 6. The molecule has 1 aromatic carbocycles. The lowest BCUT2D eigenvalue weighted by Gasteiger charge is -2.15. The van der Waals surface area contributed by atoms with Crippen molar-refractivity contribution in [3.8, 4) is 23.4 Å². The molecule has 1 amide bonds. The zero-order valence-electron chi connectivity index (χ0n) is 17.3. The van der Waals surface area contributed by atoms with Gasteiger partial charge in [0.25, 0.3) is 5.91 Å². The van der Waals surface area contributed by atoms with Crippen molar-refractivity contribution in [1.29, 1.82) is 0 Å². The van der Waals surface area contributed by atoms with Gasteiger partial charge in [0, 0.05) is 24.7 Å². The molecule has 1 aromatic heterocycles. The van der Waals surface area contributed by atoms with Gasteiger partial charge in [-0.25, -0.2) is 4.79 Å². The Hall–Kier alpha value is -3.31. The molecule has 0 spiro atoms. The maximum atomic E-state index is 12.3. The monoisotopic (exact) mass is 411 g/mol. The standard InChI is InChI=1S/C22H25N3O5/c1-4-24(3)20(27)18(26)12-11-15-8-6-9-16(14-15)25-21-17(10-7-13-30-21)19(23-25)22(28)29-5-2/h6,8-9,14,18,26H,4-5,7,10,13H2,1-3H3. The number of fused-ring (bicyclic) bond motifs is 1. The van der Waals surface area contributed by atoms with Crippen molar-refractivity contribution in [2.75, 3.05) is 26.8 Å². The lowest BCUT2D eigenvalue weighted by atomic mass is 10.1. The minimum absolute atomic E-state index is 0.256. The fourth-order valence-electron chi connectivity index (χ4n) is 3.06. The minimum atomic E-state index is -1.39. The van der Waals surface area contributed by atoms with E-state index in [-0.39, 0.29) is 12.3 Å². The highest BCUT2D eigenvalue weighted by atomic mass is 16.5. The van der Waals surface area contributed by atoms with E-state index in [1.165, 1.54) is 4.90 Å². The van der Waals surface area contributed by atoms with Crippen molar-refractivity contribution in [3.63, 3.8) is 0 Å². The summed E-state index contributed by atoms with van der Waals surface area (Å²) in [6, 6.07) is 7.12. The average Bonchev–Trinajstić information content (AvgIpc) is 3.16. The number of hydrogen-bond donors (Lipinski definition) is 1. The van der Waals surface area contributed by atoms with Gasteiger partial charge in [-0.3, -0.25) is 4.79 Å². The van der Waals surface area contributed by atoms with Crippen LogP contribution >= 0.6 is 0 Å². The van der Waals surface area contributed by atoms with Gasteiger partial charge in [0.15, 0.2) is 11.8 Å². The number of nitrogens with zero attached hydrogens (tertiary/aromatic N) is 3. The molecule has 2 aromatic rings. The largest absolute Gasteiger partial charge is 0.477 e. The highest BCUT2D eigenvalue weighted by Crippen LogP contribution is 2.31. The van der Waals surface area contributed by atoms with Gasteiger partial charge >= 0.3 is 5.97 Å². The van der Waals surface area contributed by atoms with Crippen molar-refractivity contribution < 1.29 is 24.2 Å². The van der Waals surface area contributed by atoms with Crippen LogP contribution in [0.15, 0.2) is 24.3 Å². The lowest BCUT2D eigenvalue weighted by Crippen LogP contribution is -2.35. The summed E-state index contributed by atoms with van der Waals surface area (Å²) in [6.07, 6.45) is 0.0894. The Balaban J connectivity index is 1.93. The van der Waals surface area contributed by atoms with Crippen LogP contribution in [0.1, 0.15) is 41.9 Å². The fraction of sp³-hybridized carbons (Fsp3) is 0.409. The number of benzene rings is 1. The van der Waals surface area contributed by atoms with E-state index in [0.717, 1.165) is 12.0 Å². The Bertz CT molecular complexity index is 1000. The molecule has 0 radical (unpaired) electrons. The second-order valence-corrected chi connectivity index (χ2v) is 6.79. The first-order valence-electron chi connectivity index (χ1n) is 9.93. The van der Waals surface area contributed by atoms with Crippen LogP contribution < -0.4 is 4.74 Å². The molecule has 1 unspecified atom stereocenters. The number of aliphatic hydroxyl groups is 1. The van der Waals surface area contributed by atoms with Gasteiger partial charge in [0.05, 0.1) is 18.9 Å². The van der Waals surface area contributed by atoms with Gasteiger partial charge in [-0.1, -0.05) is 17.9 Å². The van der Waals surface area contributed by atoms with E-state index in [0.29, 0.717) is 36.7 Å². The molecule has 0 aliphatic carbocycles. The summed E-state index contributed by atoms with van der Waals surface area (Å²) in [5, 5.41) is 14.4. The van der Waals surface area contributed by atoms with E-state index in [1.807, 2.05) is 13.0 Å². The third-order valence-electron chi connectivity index (χ3n) is 4.74. The highest BCUT2D eigenvalue weighted by Gasteiger charge is 2.28. The molecule has 0 saturated heterocycles. The highest BCUT2D eigenvalue weighted by molar-refractivity contribution is 5.90. The van der Waals surface area contributed by atoms with E-state index in [2.05, 4.69) is 16.9 Å². The number of likely N-dealkylation sites (N-methyl/N-ethyl adjacent to an activating group) is 1. The summed E-state index contributed by atoms with van der Waals surface area (Å²) in [5.41, 5.74) is 2.24. The first-order valence-corrected chi connectivity index (χ1v) is 9.93. The number of carbonyl (C=O) groups is 2. The second-order valence-electron chi connectivity index (χ2n) is 6.79. The van der Waals surface area contributed by atoms with Crippen LogP contribution in [-0.4, -0.2) is 64.6 Å². The summed E-state index contributed by atoms with van der Waals surface area (Å²) in [4.78, 5) is 25.7. The van der Waals surface area contributed by atoms with E-state index < -0.39 is 18.0 Å². The molecule has 1 N–H and O–H groups in total. The summed E-state index contributed by atoms with van der Waals surface area (Å²) in [5.74, 6) is 4.99. The Morgan fingerprint density at radius 2 is 2.20 bits per heavy atom. The third kappa shape index (κ3) is 4.47. The van der Waals surface area contributed by atoms with Crippen LogP contribution in [0.5, 0.6) is 5.88 Å². The van der Waals surface area contributed by atoms with Gasteiger partial charge in [-0.2, -0.15) is 9.78 Å². The quantitative estimate of drug-likeness (QED) is 0.593. The number of aliphatic hydroxyl groups excluding tert-OH is 1. The molecular weight excluding hydrogens is 386 g/mol. The van der Waals surface area contributed by atoms with E-state index in [4.69, 9.17) is 9.47 Å². The van der Waals surface area contributed by atoms with Gasteiger partial charge in [-0.15, -0.1) is 0 Å². The number of carbonyl (C=O) groups excluding carboxylic acids is 2. The Labute approximate surface area is 175 Å². The molecule has 1 atom stereocenters. The minimum Gasteiger partial charge on any atom is -0.477 e. The first-order chi connectivity index (χ1) is 14.5. The summed E-state index contributed by atoms with van der Waals surface area (Å²) in [7, 11) is 1.61. The van der Waals surface area contributed by atoms with Crippen molar-refractivity contribution >= 4 is 11.9 Å². The van der Waals surface area contributed by atoms with Crippen molar-refractivity contribution in [2.45, 2.75) is 32.8 Å². The molecular formula is C22H25N3O5. The maximum Gasteiger partial charge on any atom is 0.359 e. The predicted octanol–water partition coefficient (Wildman–Crippen LogP) is 1.56. The molecule has 0 bridgehead atoms.